The molecule has 4 heteroatoms. The zero-order valence-corrected chi connectivity index (χ0v) is 11.0. The number of hydrogen-bond donors (Lipinski definition) is 2. The molecule has 0 saturated carbocycles. The lowest BCUT2D eigenvalue weighted by atomic mass is 9.87. The predicted octanol–water partition coefficient (Wildman–Crippen LogP) is 1.66. The van der Waals surface area contributed by atoms with E-state index in [1.807, 2.05) is 0 Å². The first-order chi connectivity index (χ1) is 8.59. The molecule has 2 atom stereocenters. The second kappa shape index (κ2) is 5.55. The Kier molecular flexibility index (Phi) is 4.04. The van der Waals surface area contributed by atoms with Crippen LogP contribution in [0.2, 0.25) is 0 Å². The molecule has 0 aromatic carbocycles. The lowest BCUT2D eigenvalue weighted by Crippen LogP contribution is -2.54. The molecule has 100 valence electrons. The van der Waals surface area contributed by atoms with Gasteiger partial charge in [-0.1, -0.05) is 18.6 Å². The van der Waals surface area contributed by atoms with Crippen molar-refractivity contribution in [2.45, 2.75) is 63.5 Å². The maximum Gasteiger partial charge on any atom is 0.243 e. The highest BCUT2D eigenvalue weighted by Crippen LogP contribution is 2.23. The van der Waals surface area contributed by atoms with Gasteiger partial charge in [0.2, 0.25) is 11.8 Å². The van der Waals surface area contributed by atoms with E-state index in [0.717, 1.165) is 38.5 Å². The molecule has 4 nitrogen and oxygen atoms in total. The molecular formula is C14H22N2O2. The first kappa shape index (κ1) is 13.1. The van der Waals surface area contributed by atoms with Crippen LogP contribution in [0.15, 0.2) is 12.2 Å². The van der Waals surface area contributed by atoms with Gasteiger partial charge in [-0.15, -0.1) is 0 Å². The van der Waals surface area contributed by atoms with E-state index >= 15 is 0 Å². The largest absolute Gasteiger partial charge is 0.349 e. The van der Waals surface area contributed by atoms with Crippen LogP contribution in [0.3, 0.4) is 0 Å². The van der Waals surface area contributed by atoms with E-state index in [0.29, 0.717) is 6.42 Å². The Bertz CT molecular complexity index is 365. The average molecular weight is 250 g/mol. The lowest BCUT2D eigenvalue weighted by molar-refractivity contribution is -0.129. The minimum Gasteiger partial charge on any atom is -0.349 e. The van der Waals surface area contributed by atoms with Gasteiger partial charge >= 0.3 is 0 Å². The summed E-state index contributed by atoms with van der Waals surface area (Å²) in [6.45, 7) is 2.08. The van der Waals surface area contributed by atoms with E-state index in [2.05, 4.69) is 29.7 Å². The molecule has 1 aliphatic heterocycles. The number of allylic oxidation sites excluding steroid dienone is 1. The summed E-state index contributed by atoms with van der Waals surface area (Å²) < 4.78 is 0. The molecule has 2 aliphatic rings. The van der Waals surface area contributed by atoms with Gasteiger partial charge in [0.1, 0.15) is 6.04 Å². The Morgan fingerprint density at radius 1 is 1.44 bits per heavy atom. The van der Waals surface area contributed by atoms with Gasteiger partial charge in [-0.25, -0.2) is 0 Å². The summed E-state index contributed by atoms with van der Waals surface area (Å²) in [6.07, 6.45) is 10.2. The monoisotopic (exact) mass is 250 g/mol. The SMILES string of the molecule is C[C@]1(NC(=O)[C@H]2CCCCC(=O)N2)CC=CCC1. The Balaban J connectivity index is 1.94. The van der Waals surface area contributed by atoms with Crippen LogP contribution in [0, 0.1) is 0 Å². The third-order valence-electron chi connectivity index (χ3n) is 3.82. The number of rotatable bonds is 2. The lowest BCUT2D eigenvalue weighted by Gasteiger charge is -2.33. The van der Waals surface area contributed by atoms with Crippen molar-refractivity contribution in [2.24, 2.45) is 0 Å². The van der Waals surface area contributed by atoms with E-state index < -0.39 is 0 Å². The molecule has 1 fully saturated rings. The van der Waals surface area contributed by atoms with E-state index in [1.54, 1.807) is 0 Å². The fourth-order valence-electron chi connectivity index (χ4n) is 2.63. The molecule has 2 rings (SSSR count). The van der Waals surface area contributed by atoms with E-state index in [1.165, 1.54) is 0 Å². The molecule has 2 N–H and O–H groups in total. The molecule has 0 aromatic rings. The highest BCUT2D eigenvalue weighted by Gasteiger charge is 2.30. The fourth-order valence-corrected chi connectivity index (χ4v) is 2.63. The smallest absolute Gasteiger partial charge is 0.243 e. The zero-order valence-electron chi connectivity index (χ0n) is 11.0. The minimum atomic E-state index is -0.345. The third kappa shape index (κ3) is 3.34. The standard InChI is InChI=1S/C14H22N2O2/c1-14(9-5-2-6-10-14)16-13(18)11-7-3-4-8-12(17)15-11/h2,5,11H,3-4,6-10H2,1H3,(H,15,17)(H,16,18)/t11-,14+/m1/s1. The number of carbonyl (C=O) groups is 2. The van der Waals surface area contributed by atoms with Crippen LogP contribution < -0.4 is 10.6 Å². The molecule has 2 amide bonds. The van der Waals surface area contributed by atoms with Crippen LogP contribution in [0.1, 0.15) is 51.9 Å². The van der Waals surface area contributed by atoms with Crippen molar-refractivity contribution in [3.05, 3.63) is 12.2 Å². The minimum absolute atomic E-state index is 0.00124. The van der Waals surface area contributed by atoms with Crippen molar-refractivity contribution in [1.82, 2.24) is 10.6 Å². The molecule has 0 radical (unpaired) electrons. The maximum atomic E-state index is 12.2. The maximum absolute atomic E-state index is 12.2. The van der Waals surface area contributed by atoms with Gasteiger partial charge in [0.25, 0.3) is 0 Å². The molecule has 0 aromatic heterocycles. The number of amides is 2. The van der Waals surface area contributed by atoms with Gasteiger partial charge in [0.15, 0.2) is 0 Å². The number of carbonyl (C=O) groups excluding carboxylic acids is 2. The molecular weight excluding hydrogens is 228 g/mol. The average Bonchev–Trinajstić information content (AvgIpc) is 2.54. The van der Waals surface area contributed by atoms with E-state index in [9.17, 15) is 9.59 Å². The summed E-state index contributed by atoms with van der Waals surface area (Å²) in [5.41, 5.74) is -0.150. The first-order valence-corrected chi connectivity index (χ1v) is 6.85. The van der Waals surface area contributed by atoms with Gasteiger partial charge in [-0.3, -0.25) is 9.59 Å². The van der Waals surface area contributed by atoms with Crippen LogP contribution in [0.25, 0.3) is 0 Å². The number of nitrogens with one attached hydrogen (secondary N) is 2. The Labute approximate surface area is 108 Å². The van der Waals surface area contributed by atoms with Gasteiger partial charge in [0, 0.05) is 12.0 Å². The van der Waals surface area contributed by atoms with Crippen molar-refractivity contribution >= 4 is 11.8 Å². The Hall–Kier alpha value is -1.32. The van der Waals surface area contributed by atoms with E-state index in [-0.39, 0.29) is 23.4 Å². The molecule has 1 saturated heterocycles. The Morgan fingerprint density at radius 3 is 3.00 bits per heavy atom. The summed E-state index contributed by atoms with van der Waals surface area (Å²) >= 11 is 0. The summed E-state index contributed by atoms with van der Waals surface area (Å²) in [7, 11) is 0. The van der Waals surface area contributed by atoms with Gasteiger partial charge < -0.3 is 10.6 Å². The van der Waals surface area contributed by atoms with Gasteiger partial charge in [-0.2, -0.15) is 0 Å². The van der Waals surface area contributed by atoms with Crippen LogP contribution in [0.4, 0.5) is 0 Å². The summed E-state index contributed by atoms with van der Waals surface area (Å²) in [5.74, 6) is -0.0237. The number of hydrogen-bond acceptors (Lipinski definition) is 2. The van der Waals surface area contributed by atoms with Crippen LogP contribution >= 0.6 is 0 Å². The van der Waals surface area contributed by atoms with Gasteiger partial charge in [0.05, 0.1) is 0 Å². The normalized spacial score (nSPS) is 32.5. The topological polar surface area (TPSA) is 58.2 Å². The van der Waals surface area contributed by atoms with Crippen molar-refractivity contribution in [2.75, 3.05) is 0 Å². The van der Waals surface area contributed by atoms with Crippen molar-refractivity contribution in [1.29, 1.82) is 0 Å². The molecule has 1 heterocycles. The Morgan fingerprint density at radius 2 is 2.28 bits per heavy atom. The quantitative estimate of drug-likeness (QED) is 0.732. The van der Waals surface area contributed by atoms with Gasteiger partial charge in [-0.05, 0) is 39.0 Å². The second-order valence-electron chi connectivity index (χ2n) is 5.63. The fraction of sp³-hybridized carbons (Fsp3) is 0.714. The molecule has 0 spiro atoms. The summed E-state index contributed by atoms with van der Waals surface area (Å²) in [6, 6.07) is -0.345. The van der Waals surface area contributed by atoms with Crippen molar-refractivity contribution < 1.29 is 9.59 Å². The van der Waals surface area contributed by atoms with Crippen LogP contribution in [-0.4, -0.2) is 23.4 Å². The summed E-state index contributed by atoms with van der Waals surface area (Å²) in [4.78, 5) is 23.7. The predicted molar refractivity (Wildman–Crippen MR) is 69.9 cm³/mol. The van der Waals surface area contributed by atoms with Crippen molar-refractivity contribution in [3.63, 3.8) is 0 Å². The third-order valence-corrected chi connectivity index (χ3v) is 3.82. The summed E-state index contributed by atoms with van der Waals surface area (Å²) in [5, 5.41) is 5.92. The molecule has 18 heavy (non-hydrogen) atoms. The molecule has 1 aliphatic carbocycles. The molecule has 0 bridgehead atoms. The first-order valence-electron chi connectivity index (χ1n) is 6.85. The second-order valence-corrected chi connectivity index (χ2v) is 5.63. The van der Waals surface area contributed by atoms with Crippen molar-refractivity contribution in [3.8, 4) is 0 Å². The van der Waals surface area contributed by atoms with E-state index in [4.69, 9.17) is 0 Å². The molecule has 0 unspecified atom stereocenters. The zero-order chi connectivity index (χ0) is 13.0. The highest BCUT2D eigenvalue weighted by molar-refractivity contribution is 5.88. The van der Waals surface area contributed by atoms with Crippen LogP contribution in [0.5, 0.6) is 0 Å². The highest BCUT2D eigenvalue weighted by atomic mass is 16.2. The van der Waals surface area contributed by atoms with Crippen LogP contribution in [-0.2, 0) is 9.59 Å².